The summed E-state index contributed by atoms with van der Waals surface area (Å²) in [6, 6.07) is 6.29. The molecular formula is C14H22O2. The number of aliphatic hydroxyl groups excluding tert-OH is 1. The lowest BCUT2D eigenvalue weighted by atomic mass is 9.81. The SMILES string of the molecule is CCC(C)(C)c1ccc(OCCO)c(C)c1. The number of aryl methyl sites for hydroxylation is 1. The highest BCUT2D eigenvalue weighted by Gasteiger charge is 2.18. The molecule has 1 N–H and O–H groups in total. The Hall–Kier alpha value is -1.02. The molecule has 0 unspecified atom stereocenters. The molecule has 0 saturated heterocycles. The van der Waals surface area contributed by atoms with Gasteiger partial charge in [0.1, 0.15) is 12.4 Å². The fourth-order valence-electron chi connectivity index (χ4n) is 1.59. The molecular weight excluding hydrogens is 200 g/mol. The van der Waals surface area contributed by atoms with Gasteiger partial charge in [-0.15, -0.1) is 0 Å². The summed E-state index contributed by atoms with van der Waals surface area (Å²) in [5.41, 5.74) is 2.68. The Labute approximate surface area is 98.3 Å². The summed E-state index contributed by atoms with van der Waals surface area (Å²) in [6.07, 6.45) is 1.11. The van der Waals surface area contributed by atoms with Crippen LogP contribution in [-0.2, 0) is 5.41 Å². The van der Waals surface area contributed by atoms with Crippen molar-refractivity contribution in [2.75, 3.05) is 13.2 Å². The summed E-state index contributed by atoms with van der Waals surface area (Å²) >= 11 is 0. The minimum absolute atomic E-state index is 0.0572. The van der Waals surface area contributed by atoms with E-state index in [1.165, 1.54) is 5.56 Å². The van der Waals surface area contributed by atoms with Crippen molar-refractivity contribution in [3.05, 3.63) is 29.3 Å². The maximum Gasteiger partial charge on any atom is 0.122 e. The number of ether oxygens (including phenoxy) is 1. The maximum absolute atomic E-state index is 8.72. The van der Waals surface area contributed by atoms with E-state index >= 15 is 0 Å². The Bertz CT molecular complexity index is 343. The molecule has 1 rings (SSSR count). The van der Waals surface area contributed by atoms with Crippen LogP contribution in [0.2, 0.25) is 0 Å². The van der Waals surface area contributed by atoms with Gasteiger partial charge in [0, 0.05) is 0 Å². The van der Waals surface area contributed by atoms with Gasteiger partial charge in [-0.3, -0.25) is 0 Å². The monoisotopic (exact) mass is 222 g/mol. The summed E-state index contributed by atoms with van der Waals surface area (Å²) in [7, 11) is 0. The minimum Gasteiger partial charge on any atom is -0.491 e. The third-order valence-corrected chi connectivity index (χ3v) is 3.19. The van der Waals surface area contributed by atoms with E-state index < -0.39 is 0 Å². The molecule has 0 aromatic heterocycles. The quantitative estimate of drug-likeness (QED) is 0.829. The summed E-state index contributed by atoms with van der Waals surface area (Å²) in [5.74, 6) is 0.865. The fourth-order valence-corrected chi connectivity index (χ4v) is 1.59. The molecule has 0 atom stereocenters. The van der Waals surface area contributed by atoms with Gasteiger partial charge in [-0.1, -0.05) is 32.9 Å². The zero-order chi connectivity index (χ0) is 12.2. The third-order valence-electron chi connectivity index (χ3n) is 3.19. The first-order valence-corrected chi connectivity index (χ1v) is 5.86. The summed E-state index contributed by atoms with van der Waals surface area (Å²) in [6.45, 7) is 9.15. The standard InChI is InChI=1S/C14H22O2/c1-5-14(3,4)12-6-7-13(11(2)10-12)16-9-8-15/h6-7,10,15H,5,8-9H2,1-4H3. The summed E-state index contributed by atoms with van der Waals surface area (Å²) < 4.78 is 5.44. The highest BCUT2D eigenvalue weighted by molar-refractivity contribution is 5.38. The van der Waals surface area contributed by atoms with Crippen molar-refractivity contribution in [2.24, 2.45) is 0 Å². The number of aliphatic hydroxyl groups is 1. The van der Waals surface area contributed by atoms with Crippen LogP contribution >= 0.6 is 0 Å². The van der Waals surface area contributed by atoms with Crippen LogP contribution in [-0.4, -0.2) is 18.3 Å². The first kappa shape index (κ1) is 13.0. The van der Waals surface area contributed by atoms with Gasteiger partial charge in [-0.05, 0) is 36.0 Å². The maximum atomic E-state index is 8.72. The molecule has 0 aliphatic carbocycles. The second kappa shape index (κ2) is 5.35. The molecule has 0 fully saturated rings. The third kappa shape index (κ3) is 2.99. The lowest BCUT2D eigenvalue weighted by molar-refractivity contribution is 0.200. The lowest BCUT2D eigenvalue weighted by Gasteiger charge is -2.24. The Morgan fingerprint density at radius 3 is 2.50 bits per heavy atom. The lowest BCUT2D eigenvalue weighted by Crippen LogP contribution is -2.15. The molecule has 0 amide bonds. The van der Waals surface area contributed by atoms with E-state index in [-0.39, 0.29) is 12.0 Å². The van der Waals surface area contributed by atoms with Gasteiger partial charge in [-0.25, -0.2) is 0 Å². The van der Waals surface area contributed by atoms with Gasteiger partial charge >= 0.3 is 0 Å². The molecule has 0 bridgehead atoms. The summed E-state index contributed by atoms with van der Waals surface area (Å²) in [4.78, 5) is 0. The van der Waals surface area contributed by atoms with Crippen LogP contribution in [0, 0.1) is 6.92 Å². The van der Waals surface area contributed by atoms with Crippen molar-refractivity contribution < 1.29 is 9.84 Å². The van der Waals surface area contributed by atoms with Crippen LogP contribution in [0.5, 0.6) is 5.75 Å². The molecule has 0 radical (unpaired) electrons. The largest absolute Gasteiger partial charge is 0.491 e. The van der Waals surface area contributed by atoms with E-state index in [1.54, 1.807) is 0 Å². The Balaban J connectivity index is 2.90. The smallest absolute Gasteiger partial charge is 0.122 e. The Morgan fingerprint density at radius 1 is 1.31 bits per heavy atom. The number of rotatable bonds is 5. The first-order chi connectivity index (χ1) is 7.51. The normalized spacial score (nSPS) is 11.6. The van der Waals surface area contributed by atoms with E-state index in [2.05, 4.69) is 32.9 Å². The first-order valence-electron chi connectivity index (χ1n) is 5.86. The van der Waals surface area contributed by atoms with E-state index in [0.29, 0.717) is 6.61 Å². The van der Waals surface area contributed by atoms with Crippen molar-refractivity contribution in [1.29, 1.82) is 0 Å². The van der Waals surface area contributed by atoms with Crippen LogP contribution in [0.1, 0.15) is 38.3 Å². The molecule has 2 nitrogen and oxygen atoms in total. The van der Waals surface area contributed by atoms with Gasteiger partial charge in [0.05, 0.1) is 6.61 Å². The molecule has 0 spiro atoms. The zero-order valence-corrected chi connectivity index (χ0v) is 10.7. The molecule has 90 valence electrons. The molecule has 0 heterocycles. The molecule has 2 heteroatoms. The number of hydrogen-bond acceptors (Lipinski definition) is 2. The van der Waals surface area contributed by atoms with Crippen molar-refractivity contribution in [1.82, 2.24) is 0 Å². The van der Waals surface area contributed by atoms with Gasteiger partial charge in [0.2, 0.25) is 0 Å². The molecule has 1 aromatic carbocycles. The van der Waals surface area contributed by atoms with Gasteiger partial charge in [-0.2, -0.15) is 0 Å². The molecule has 1 aromatic rings. The molecule has 16 heavy (non-hydrogen) atoms. The van der Waals surface area contributed by atoms with Crippen LogP contribution in [0.25, 0.3) is 0 Å². The number of benzene rings is 1. The molecule has 0 aliphatic rings. The summed E-state index contributed by atoms with van der Waals surface area (Å²) in [5, 5.41) is 8.72. The van der Waals surface area contributed by atoms with Crippen molar-refractivity contribution in [2.45, 2.75) is 39.5 Å². The highest BCUT2D eigenvalue weighted by atomic mass is 16.5. The predicted octanol–water partition coefficient (Wildman–Crippen LogP) is 3.05. The molecule has 0 aliphatic heterocycles. The van der Waals surface area contributed by atoms with Gasteiger partial charge in [0.25, 0.3) is 0 Å². The van der Waals surface area contributed by atoms with E-state index in [1.807, 2.05) is 13.0 Å². The van der Waals surface area contributed by atoms with Crippen LogP contribution in [0.4, 0.5) is 0 Å². The van der Waals surface area contributed by atoms with Crippen LogP contribution in [0.3, 0.4) is 0 Å². The van der Waals surface area contributed by atoms with Gasteiger partial charge in [0.15, 0.2) is 0 Å². The topological polar surface area (TPSA) is 29.5 Å². The average Bonchev–Trinajstić information content (AvgIpc) is 2.27. The second-order valence-corrected chi connectivity index (χ2v) is 4.79. The number of hydrogen-bond donors (Lipinski definition) is 1. The highest BCUT2D eigenvalue weighted by Crippen LogP contribution is 2.30. The van der Waals surface area contributed by atoms with Crippen LogP contribution < -0.4 is 4.74 Å². The predicted molar refractivity (Wildman–Crippen MR) is 67.1 cm³/mol. The van der Waals surface area contributed by atoms with Crippen molar-refractivity contribution >= 4 is 0 Å². The van der Waals surface area contributed by atoms with Crippen molar-refractivity contribution in [3.63, 3.8) is 0 Å². The molecule has 0 saturated carbocycles. The van der Waals surface area contributed by atoms with Crippen molar-refractivity contribution in [3.8, 4) is 5.75 Å². The van der Waals surface area contributed by atoms with Crippen LogP contribution in [0.15, 0.2) is 18.2 Å². The average molecular weight is 222 g/mol. The Kier molecular flexibility index (Phi) is 4.36. The van der Waals surface area contributed by atoms with E-state index in [0.717, 1.165) is 17.7 Å². The Morgan fingerprint density at radius 2 is 2.00 bits per heavy atom. The van der Waals surface area contributed by atoms with E-state index in [9.17, 15) is 0 Å². The fraction of sp³-hybridized carbons (Fsp3) is 0.571. The second-order valence-electron chi connectivity index (χ2n) is 4.79. The van der Waals surface area contributed by atoms with Gasteiger partial charge < -0.3 is 9.84 Å². The minimum atomic E-state index is 0.0572. The van der Waals surface area contributed by atoms with E-state index in [4.69, 9.17) is 9.84 Å². The zero-order valence-electron chi connectivity index (χ0n) is 10.7.